The number of carbonyl (C=O) groups is 7. The van der Waals surface area contributed by atoms with Crippen molar-refractivity contribution in [2.75, 3.05) is 0 Å². The molecular formula is C23H31N5O11. The normalized spacial score (nSPS) is 13.7. The number of phenolic OH excluding ortho intramolecular Hbond substituents is 1. The Morgan fingerprint density at radius 1 is 0.718 bits per heavy atom. The van der Waals surface area contributed by atoms with E-state index < -0.39 is 91.4 Å². The van der Waals surface area contributed by atoms with Crippen molar-refractivity contribution in [2.45, 2.75) is 62.7 Å². The van der Waals surface area contributed by atoms with Crippen molar-refractivity contribution in [1.82, 2.24) is 16.0 Å². The maximum atomic E-state index is 12.9. The van der Waals surface area contributed by atoms with Crippen LogP contribution in [0.1, 0.15) is 37.7 Å². The van der Waals surface area contributed by atoms with Gasteiger partial charge in [-0.2, -0.15) is 0 Å². The molecule has 0 aliphatic heterocycles. The Kier molecular flexibility index (Phi) is 12.8. The summed E-state index contributed by atoms with van der Waals surface area (Å²) in [7, 11) is 0. The molecule has 16 heteroatoms. The number of carboxylic acid groups (broad SMARTS) is 3. The molecule has 0 fully saturated rings. The van der Waals surface area contributed by atoms with Gasteiger partial charge in [-0.25, -0.2) is 4.79 Å². The fourth-order valence-corrected chi connectivity index (χ4v) is 3.25. The van der Waals surface area contributed by atoms with Crippen LogP contribution in [0, 0.1) is 0 Å². The van der Waals surface area contributed by atoms with Crippen molar-refractivity contribution >= 4 is 41.5 Å². The Labute approximate surface area is 221 Å². The number of amides is 4. The van der Waals surface area contributed by atoms with Crippen LogP contribution in [0.25, 0.3) is 0 Å². The van der Waals surface area contributed by atoms with Crippen LogP contribution in [0.3, 0.4) is 0 Å². The monoisotopic (exact) mass is 553 g/mol. The van der Waals surface area contributed by atoms with E-state index in [2.05, 4.69) is 16.0 Å². The molecule has 0 aliphatic rings. The molecule has 16 nitrogen and oxygen atoms in total. The second-order valence-corrected chi connectivity index (χ2v) is 8.53. The minimum atomic E-state index is -1.65. The van der Waals surface area contributed by atoms with Gasteiger partial charge in [-0.3, -0.25) is 28.8 Å². The Morgan fingerprint density at radius 2 is 1.21 bits per heavy atom. The van der Waals surface area contributed by atoms with E-state index in [-0.39, 0.29) is 18.6 Å². The van der Waals surface area contributed by atoms with E-state index in [4.69, 9.17) is 21.7 Å². The number of carbonyl (C=O) groups excluding carboxylic acids is 4. The van der Waals surface area contributed by atoms with Crippen LogP contribution in [-0.4, -0.2) is 86.1 Å². The number of benzene rings is 1. The molecule has 0 saturated heterocycles. The van der Waals surface area contributed by atoms with Gasteiger partial charge >= 0.3 is 17.9 Å². The molecule has 4 unspecified atom stereocenters. The zero-order valence-electron chi connectivity index (χ0n) is 20.7. The van der Waals surface area contributed by atoms with Crippen molar-refractivity contribution in [3.8, 4) is 5.75 Å². The first kappa shape index (κ1) is 32.3. The zero-order chi connectivity index (χ0) is 29.7. The average Bonchev–Trinajstić information content (AvgIpc) is 2.84. The molecular weight excluding hydrogens is 522 g/mol. The highest BCUT2D eigenvalue weighted by molar-refractivity contribution is 5.96. The van der Waals surface area contributed by atoms with Crippen LogP contribution in [0.2, 0.25) is 0 Å². The Morgan fingerprint density at radius 3 is 1.72 bits per heavy atom. The van der Waals surface area contributed by atoms with E-state index in [1.165, 1.54) is 24.3 Å². The number of rotatable bonds is 17. The number of nitrogens with two attached hydrogens (primary N) is 2. The lowest BCUT2D eigenvalue weighted by Crippen LogP contribution is -2.58. The summed E-state index contributed by atoms with van der Waals surface area (Å²) in [5.74, 6) is -8.23. The molecule has 4 atom stereocenters. The summed E-state index contributed by atoms with van der Waals surface area (Å²) in [6.45, 7) is 0. The van der Waals surface area contributed by atoms with Crippen molar-refractivity contribution in [1.29, 1.82) is 0 Å². The number of carboxylic acids is 3. The first-order valence-corrected chi connectivity index (χ1v) is 11.6. The smallest absolute Gasteiger partial charge is 0.326 e. The molecule has 1 aromatic carbocycles. The van der Waals surface area contributed by atoms with E-state index in [9.17, 15) is 43.8 Å². The van der Waals surface area contributed by atoms with Gasteiger partial charge < -0.3 is 47.8 Å². The molecule has 39 heavy (non-hydrogen) atoms. The summed E-state index contributed by atoms with van der Waals surface area (Å²) >= 11 is 0. The van der Waals surface area contributed by atoms with Crippen LogP contribution >= 0.6 is 0 Å². The second kappa shape index (κ2) is 15.5. The molecule has 0 saturated carbocycles. The third-order valence-electron chi connectivity index (χ3n) is 5.31. The molecule has 214 valence electrons. The fraction of sp³-hybridized carbons (Fsp3) is 0.435. The number of aromatic hydroxyl groups is 1. The number of nitrogens with one attached hydrogen (secondary N) is 3. The second-order valence-electron chi connectivity index (χ2n) is 8.53. The van der Waals surface area contributed by atoms with E-state index in [1.807, 2.05) is 0 Å². The van der Waals surface area contributed by atoms with E-state index in [1.54, 1.807) is 0 Å². The topological polar surface area (TPSA) is 289 Å². The van der Waals surface area contributed by atoms with Gasteiger partial charge in [0.15, 0.2) is 0 Å². The van der Waals surface area contributed by atoms with Gasteiger partial charge in [0.05, 0.1) is 12.5 Å². The fourth-order valence-electron chi connectivity index (χ4n) is 3.25. The van der Waals surface area contributed by atoms with Crippen LogP contribution in [0.4, 0.5) is 0 Å². The van der Waals surface area contributed by atoms with E-state index >= 15 is 0 Å². The van der Waals surface area contributed by atoms with Gasteiger partial charge in [0.1, 0.15) is 23.9 Å². The molecule has 0 spiro atoms. The summed E-state index contributed by atoms with van der Waals surface area (Å²) in [6.07, 6.45) is -2.78. The Balaban J connectivity index is 3.05. The summed E-state index contributed by atoms with van der Waals surface area (Å²) in [5, 5.41) is 43.2. The summed E-state index contributed by atoms with van der Waals surface area (Å²) in [5.41, 5.74) is 11.2. The lowest BCUT2D eigenvalue weighted by Gasteiger charge is -2.24. The summed E-state index contributed by atoms with van der Waals surface area (Å²) < 4.78 is 0. The number of primary amides is 1. The summed E-state index contributed by atoms with van der Waals surface area (Å²) in [4.78, 5) is 83.1. The average molecular weight is 554 g/mol. The first-order chi connectivity index (χ1) is 18.2. The van der Waals surface area contributed by atoms with Gasteiger partial charge in [-0.15, -0.1) is 0 Å². The molecule has 1 rings (SSSR count). The number of hydrogen-bond donors (Lipinski definition) is 9. The zero-order valence-corrected chi connectivity index (χ0v) is 20.7. The van der Waals surface area contributed by atoms with Crippen molar-refractivity contribution in [3.63, 3.8) is 0 Å². The van der Waals surface area contributed by atoms with Gasteiger partial charge in [-0.05, 0) is 30.5 Å². The molecule has 0 aliphatic carbocycles. The summed E-state index contributed by atoms with van der Waals surface area (Å²) in [6, 6.07) is -0.620. The van der Waals surface area contributed by atoms with Crippen molar-refractivity contribution < 1.29 is 54.0 Å². The van der Waals surface area contributed by atoms with Gasteiger partial charge in [0.25, 0.3) is 0 Å². The molecule has 0 heterocycles. The molecule has 0 radical (unpaired) electrons. The van der Waals surface area contributed by atoms with Gasteiger partial charge in [-0.1, -0.05) is 12.1 Å². The lowest BCUT2D eigenvalue weighted by molar-refractivity contribution is -0.143. The minimum Gasteiger partial charge on any atom is -0.508 e. The maximum Gasteiger partial charge on any atom is 0.326 e. The quantitative estimate of drug-likeness (QED) is 0.0960. The molecule has 1 aromatic rings. The number of phenols is 1. The number of hydrogen-bond acceptors (Lipinski definition) is 9. The highest BCUT2D eigenvalue weighted by Gasteiger charge is 2.31. The van der Waals surface area contributed by atoms with Crippen LogP contribution in [0.5, 0.6) is 5.75 Å². The van der Waals surface area contributed by atoms with Gasteiger partial charge in [0, 0.05) is 19.3 Å². The number of aliphatic carboxylic acids is 3. The Hall–Kier alpha value is -4.73. The minimum absolute atomic E-state index is 0.0634. The van der Waals surface area contributed by atoms with Gasteiger partial charge in [0.2, 0.25) is 23.6 Å². The molecule has 4 amide bonds. The SMILES string of the molecule is NC(=O)CC(NC(=O)C(N)CCC(=O)O)C(=O)NC(CCC(=O)O)C(=O)NC(Cc1ccc(O)cc1)C(=O)O. The molecule has 11 N–H and O–H groups in total. The predicted octanol–water partition coefficient (Wildman–Crippen LogP) is -2.59. The van der Waals surface area contributed by atoms with Crippen LogP contribution in [0.15, 0.2) is 24.3 Å². The highest BCUT2D eigenvalue weighted by atomic mass is 16.4. The largest absolute Gasteiger partial charge is 0.508 e. The lowest BCUT2D eigenvalue weighted by atomic mass is 10.0. The predicted molar refractivity (Wildman–Crippen MR) is 131 cm³/mol. The van der Waals surface area contributed by atoms with Crippen molar-refractivity contribution in [2.24, 2.45) is 11.5 Å². The van der Waals surface area contributed by atoms with Crippen LogP contribution < -0.4 is 27.4 Å². The van der Waals surface area contributed by atoms with E-state index in [0.29, 0.717) is 5.56 Å². The molecule has 0 aromatic heterocycles. The highest BCUT2D eigenvalue weighted by Crippen LogP contribution is 2.12. The maximum absolute atomic E-state index is 12.9. The third kappa shape index (κ3) is 12.4. The van der Waals surface area contributed by atoms with Crippen LogP contribution in [-0.2, 0) is 40.0 Å². The van der Waals surface area contributed by atoms with Crippen molar-refractivity contribution in [3.05, 3.63) is 29.8 Å². The third-order valence-corrected chi connectivity index (χ3v) is 5.31. The molecule has 0 bridgehead atoms. The Bertz CT molecular complexity index is 1080. The first-order valence-electron chi connectivity index (χ1n) is 11.6. The standard InChI is InChI=1S/C23H31N5O11/c24-13(5-7-18(31)32)20(35)27-15(10-17(25)30)22(37)26-14(6-8-19(33)34)21(36)28-16(23(38)39)9-11-1-3-12(29)4-2-11/h1-4,13-16,29H,5-10,24H2,(H2,25,30)(H,26,37)(H,27,35)(H,28,36)(H,31,32)(H,33,34)(H,38,39). The van der Waals surface area contributed by atoms with E-state index in [0.717, 1.165) is 0 Å².